The maximum Gasteiger partial charge on any atom is 0.288 e. The smallest absolute Gasteiger partial charge is 0.288 e. The lowest BCUT2D eigenvalue weighted by Crippen LogP contribution is -2.50. The summed E-state index contributed by atoms with van der Waals surface area (Å²) in [4.78, 5) is 27.6. The van der Waals surface area contributed by atoms with E-state index in [2.05, 4.69) is 10.3 Å². The van der Waals surface area contributed by atoms with Crippen LogP contribution in [0.1, 0.15) is 17.3 Å². The molecule has 1 amide bonds. The second-order valence-corrected chi connectivity index (χ2v) is 4.43. The third-order valence-corrected chi connectivity index (χ3v) is 3.10. The van der Waals surface area contributed by atoms with Crippen molar-refractivity contribution in [2.24, 2.45) is 5.73 Å². The molecule has 1 atom stereocenters. The highest BCUT2D eigenvalue weighted by Gasteiger charge is 2.25. The molecule has 1 aromatic heterocycles. The Balaban J connectivity index is 2.44. The van der Waals surface area contributed by atoms with Crippen LogP contribution >= 0.6 is 0 Å². The number of pyridine rings is 1. The van der Waals surface area contributed by atoms with Gasteiger partial charge in [0.2, 0.25) is 0 Å². The Labute approximate surface area is 109 Å². The maximum atomic E-state index is 11.5. The lowest BCUT2D eigenvalue weighted by Gasteiger charge is -2.35. The third kappa shape index (κ3) is 2.63. The van der Waals surface area contributed by atoms with E-state index < -0.39 is 10.8 Å². The molecule has 0 aromatic carbocycles. The standard InChI is InChI=1S/C11H15N5O3/c1-7-5-13-2-3-15(7)11-9(10(12)17)4-8(6-14-11)16(18)19/h4,6-7,13H,2-3,5H2,1H3,(H2,12,17). The van der Waals surface area contributed by atoms with Crippen molar-refractivity contribution in [1.29, 1.82) is 0 Å². The van der Waals surface area contributed by atoms with E-state index in [0.29, 0.717) is 12.4 Å². The molecule has 102 valence electrons. The first-order chi connectivity index (χ1) is 9.00. The first-order valence-electron chi connectivity index (χ1n) is 5.92. The largest absolute Gasteiger partial charge is 0.365 e. The number of rotatable bonds is 3. The summed E-state index contributed by atoms with van der Waals surface area (Å²) in [5, 5.41) is 13.9. The topological polar surface area (TPSA) is 114 Å². The molecule has 8 heteroatoms. The highest BCUT2D eigenvalue weighted by molar-refractivity contribution is 5.98. The van der Waals surface area contributed by atoms with Gasteiger partial charge in [0.15, 0.2) is 0 Å². The van der Waals surface area contributed by atoms with E-state index in [1.54, 1.807) is 0 Å². The predicted octanol–water partition coefficient (Wildman–Crippen LogP) is -0.113. The van der Waals surface area contributed by atoms with Gasteiger partial charge in [0.1, 0.15) is 12.0 Å². The second-order valence-electron chi connectivity index (χ2n) is 4.43. The lowest BCUT2D eigenvalue weighted by atomic mass is 10.1. The molecule has 1 aromatic rings. The molecule has 1 aliphatic rings. The Hall–Kier alpha value is -2.22. The number of primary amides is 1. The molecule has 0 bridgehead atoms. The molecular formula is C11H15N5O3. The monoisotopic (exact) mass is 265 g/mol. The molecular weight excluding hydrogens is 250 g/mol. The first kappa shape index (κ1) is 13.2. The number of carbonyl (C=O) groups excluding carboxylic acids is 1. The maximum absolute atomic E-state index is 11.5. The van der Waals surface area contributed by atoms with E-state index in [-0.39, 0.29) is 17.3 Å². The zero-order chi connectivity index (χ0) is 14.0. The zero-order valence-corrected chi connectivity index (χ0v) is 10.5. The predicted molar refractivity (Wildman–Crippen MR) is 69.1 cm³/mol. The number of hydrogen-bond donors (Lipinski definition) is 2. The quantitative estimate of drug-likeness (QED) is 0.582. The molecule has 0 saturated carbocycles. The number of piperazine rings is 1. The van der Waals surface area contributed by atoms with E-state index in [1.807, 2.05) is 11.8 Å². The summed E-state index contributed by atoms with van der Waals surface area (Å²) in [6.07, 6.45) is 1.15. The van der Waals surface area contributed by atoms with Crippen LogP contribution in [-0.4, -0.2) is 41.5 Å². The molecule has 0 aliphatic carbocycles. The van der Waals surface area contributed by atoms with Crippen molar-refractivity contribution in [1.82, 2.24) is 10.3 Å². The van der Waals surface area contributed by atoms with Crippen molar-refractivity contribution in [3.05, 3.63) is 27.9 Å². The van der Waals surface area contributed by atoms with Crippen molar-refractivity contribution >= 4 is 17.4 Å². The van der Waals surface area contributed by atoms with Gasteiger partial charge >= 0.3 is 0 Å². The molecule has 8 nitrogen and oxygen atoms in total. The summed E-state index contributed by atoms with van der Waals surface area (Å²) >= 11 is 0. The summed E-state index contributed by atoms with van der Waals surface area (Å²) in [5.74, 6) is -0.302. The van der Waals surface area contributed by atoms with E-state index in [4.69, 9.17) is 5.73 Å². The normalized spacial score (nSPS) is 19.2. The lowest BCUT2D eigenvalue weighted by molar-refractivity contribution is -0.385. The fraction of sp³-hybridized carbons (Fsp3) is 0.455. The van der Waals surface area contributed by atoms with E-state index in [9.17, 15) is 14.9 Å². The number of nitrogens with zero attached hydrogens (tertiary/aromatic N) is 3. The summed E-state index contributed by atoms with van der Waals surface area (Å²) in [6.45, 7) is 4.18. The van der Waals surface area contributed by atoms with Crippen LogP contribution in [0.25, 0.3) is 0 Å². The number of carbonyl (C=O) groups is 1. The number of aromatic nitrogens is 1. The Morgan fingerprint density at radius 3 is 3.00 bits per heavy atom. The van der Waals surface area contributed by atoms with Gasteiger partial charge in [0, 0.05) is 31.7 Å². The summed E-state index contributed by atoms with van der Waals surface area (Å²) in [7, 11) is 0. The van der Waals surface area contributed by atoms with Gasteiger partial charge in [-0.2, -0.15) is 0 Å². The van der Waals surface area contributed by atoms with Crippen molar-refractivity contribution < 1.29 is 9.72 Å². The van der Waals surface area contributed by atoms with Crippen molar-refractivity contribution in [3.63, 3.8) is 0 Å². The van der Waals surface area contributed by atoms with Gasteiger partial charge in [-0.15, -0.1) is 0 Å². The molecule has 1 saturated heterocycles. The highest BCUT2D eigenvalue weighted by atomic mass is 16.6. The summed E-state index contributed by atoms with van der Waals surface area (Å²) < 4.78 is 0. The first-order valence-corrected chi connectivity index (χ1v) is 5.92. The van der Waals surface area contributed by atoms with Gasteiger partial charge < -0.3 is 16.0 Å². The second kappa shape index (κ2) is 5.19. The van der Waals surface area contributed by atoms with Crippen LogP contribution in [0, 0.1) is 10.1 Å². The molecule has 3 N–H and O–H groups in total. The average molecular weight is 265 g/mol. The van der Waals surface area contributed by atoms with Crippen molar-refractivity contribution in [3.8, 4) is 0 Å². The Kier molecular flexibility index (Phi) is 3.61. The van der Waals surface area contributed by atoms with Gasteiger partial charge in [-0.05, 0) is 6.92 Å². The zero-order valence-electron chi connectivity index (χ0n) is 10.5. The number of amides is 1. The van der Waals surface area contributed by atoms with Crippen LogP contribution < -0.4 is 16.0 Å². The highest BCUT2D eigenvalue weighted by Crippen LogP contribution is 2.24. The number of anilines is 1. The Bertz CT molecular complexity index is 519. The van der Waals surface area contributed by atoms with Crippen LogP contribution in [0.4, 0.5) is 11.5 Å². The minimum Gasteiger partial charge on any atom is -0.365 e. The molecule has 2 heterocycles. The molecule has 1 aliphatic heterocycles. The number of nitro groups is 1. The molecule has 0 spiro atoms. The molecule has 1 unspecified atom stereocenters. The van der Waals surface area contributed by atoms with Gasteiger partial charge in [0.25, 0.3) is 11.6 Å². The Morgan fingerprint density at radius 2 is 2.42 bits per heavy atom. The van der Waals surface area contributed by atoms with Crippen LogP contribution in [0.3, 0.4) is 0 Å². The summed E-state index contributed by atoms with van der Waals surface area (Å²) in [6, 6.07) is 1.32. The minimum atomic E-state index is -0.711. The van der Waals surface area contributed by atoms with E-state index in [0.717, 1.165) is 19.3 Å². The van der Waals surface area contributed by atoms with Crippen LogP contribution in [0.2, 0.25) is 0 Å². The number of nitrogens with one attached hydrogen (secondary N) is 1. The molecule has 2 rings (SSSR count). The fourth-order valence-electron chi connectivity index (χ4n) is 2.11. The number of nitrogens with two attached hydrogens (primary N) is 1. The van der Waals surface area contributed by atoms with Crippen LogP contribution in [-0.2, 0) is 0 Å². The SMILES string of the molecule is CC1CNCCN1c1ncc([N+](=O)[O-])cc1C(N)=O. The van der Waals surface area contributed by atoms with Gasteiger partial charge in [0.05, 0.1) is 10.5 Å². The van der Waals surface area contributed by atoms with Crippen LogP contribution in [0.5, 0.6) is 0 Å². The van der Waals surface area contributed by atoms with Crippen molar-refractivity contribution in [2.45, 2.75) is 13.0 Å². The van der Waals surface area contributed by atoms with E-state index in [1.165, 1.54) is 6.07 Å². The molecule has 1 fully saturated rings. The summed E-state index contributed by atoms with van der Waals surface area (Å²) in [5.41, 5.74) is 5.14. The minimum absolute atomic E-state index is 0.0861. The molecule has 19 heavy (non-hydrogen) atoms. The van der Waals surface area contributed by atoms with Crippen LogP contribution in [0.15, 0.2) is 12.3 Å². The molecule has 0 radical (unpaired) electrons. The van der Waals surface area contributed by atoms with Crippen molar-refractivity contribution in [2.75, 3.05) is 24.5 Å². The third-order valence-electron chi connectivity index (χ3n) is 3.10. The van der Waals surface area contributed by atoms with Gasteiger partial charge in [-0.25, -0.2) is 4.98 Å². The average Bonchev–Trinajstić information content (AvgIpc) is 2.38. The Morgan fingerprint density at radius 1 is 1.68 bits per heavy atom. The fourth-order valence-corrected chi connectivity index (χ4v) is 2.11. The number of hydrogen-bond acceptors (Lipinski definition) is 6. The van der Waals surface area contributed by atoms with Gasteiger partial charge in [-0.3, -0.25) is 14.9 Å². The van der Waals surface area contributed by atoms with E-state index >= 15 is 0 Å². The van der Waals surface area contributed by atoms with Gasteiger partial charge in [-0.1, -0.05) is 0 Å².